The van der Waals surface area contributed by atoms with Crippen LogP contribution >= 0.6 is 15.9 Å². The Hall–Kier alpha value is -1.88. The highest BCUT2D eigenvalue weighted by Gasteiger charge is 2.27. The Balaban J connectivity index is 1.58. The van der Waals surface area contributed by atoms with Gasteiger partial charge in [-0.2, -0.15) is 5.10 Å². The molecule has 2 aromatic heterocycles. The molecular weight excluding hydrogens is 330 g/mol. The molecule has 0 atom stereocenters. The maximum atomic E-state index is 5.40. The number of aromatic nitrogens is 3. The summed E-state index contributed by atoms with van der Waals surface area (Å²) in [6.45, 7) is 0.602. The summed E-state index contributed by atoms with van der Waals surface area (Å²) in [7, 11) is 0. The molecule has 0 amide bonds. The molecule has 0 radical (unpaired) electrons. The monoisotopic (exact) mass is 343 g/mol. The van der Waals surface area contributed by atoms with E-state index in [4.69, 9.17) is 4.52 Å². The molecule has 0 unspecified atom stereocenters. The number of hydrogen-bond donors (Lipinski definition) is 0. The van der Waals surface area contributed by atoms with Gasteiger partial charge in [0.15, 0.2) is 5.76 Å². The highest BCUT2D eigenvalue weighted by molar-refractivity contribution is 9.10. The Morgan fingerprint density at radius 2 is 2.05 bits per heavy atom. The second-order valence-corrected chi connectivity index (χ2v) is 6.24. The second-order valence-electron chi connectivity index (χ2n) is 5.38. The molecule has 1 aliphatic rings. The molecule has 4 nitrogen and oxygen atoms in total. The van der Waals surface area contributed by atoms with Crippen LogP contribution in [0, 0.1) is 0 Å². The number of benzene rings is 1. The van der Waals surface area contributed by atoms with E-state index in [-0.39, 0.29) is 0 Å². The number of hydrogen-bond acceptors (Lipinski definition) is 3. The van der Waals surface area contributed by atoms with Gasteiger partial charge in [-0.3, -0.25) is 4.68 Å². The lowest BCUT2D eigenvalue weighted by atomic mass is 10.2. The molecule has 4 rings (SSSR count). The molecule has 3 aromatic rings. The molecule has 1 saturated carbocycles. The molecule has 21 heavy (non-hydrogen) atoms. The van der Waals surface area contributed by atoms with Gasteiger partial charge >= 0.3 is 0 Å². The lowest BCUT2D eigenvalue weighted by molar-refractivity contribution is 0.366. The van der Waals surface area contributed by atoms with Crippen LogP contribution in [0.1, 0.15) is 30.2 Å². The maximum Gasteiger partial charge on any atom is 0.158 e. The van der Waals surface area contributed by atoms with E-state index in [1.165, 1.54) is 12.8 Å². The molecule has 2 heterocycles. The van der Waals surface area contributed by atoms with Crippen molar-refractivity contribution < 1.29 is 4.52 Å². The van der Waals surface area contributed by atoms with Crippen LogP contribution in [0.5, 0.6) is 0 Å². The SMILES string of the molecule is Brc1cn(Cc2cc(C3CC3)no2)nc1-c1ccccc1. The van der Waals surface area contributed by atoms with Crippen LogP contribution in [0.3, 0.4) is 0 Å². The maximum absolute atomic E-state index is 5.40. The first-order chi connectivity index (χ1) is 10.3. The summed E-state index contributed by atoms with van der Waals surface area (Å²) < 4.78 is 8.26. The van der Waals surface area contributed by atoms with Crippen LogP contribution < -0.4 is 0 Å². The largest absolute Gasteiger partial charge is 0.359 e. The normalized spacial score (nSPS) is 14.5. The van der Waals surface area contributed by atoms with Gasteiger partial charge in [-0.25, -0.2) is 0 Å². The molecule has 1 aliphatic carbocycles. The molecule has 0 spiro atoms. The van der Waals surface area contributed by atoms with E-state index in [0.29, 0.717) is 12.5 Å². The topological polar surface area (TPSA) is 43.9 Å². The fourth-order valence-corrected chi connectivity index (χ4v) is 2.95. The number of nitrogens with zero attached hydrogens (tertiary/aromatic N) is 3. The molecule has 0 saturated heterocycles. The lowest BCUT2D eigenvalue weighted by Gasteiger charge is -1.97. The fourth-order valence-electron chi connectivity index (χ4n) is 2.40. The zero-order valence-electron chi connectivity index (χ0n) is 11.4. The van der Waals surface area contributed by atoms with Crippen molar-refractivity contribution in [2.45, 2.75) is 25.3 Å². The van der Waals surface area contributed by atoms with Crippen molar-refractivity contribution in [1.29, 1.82) is 0 Å². The van der Waals surface area contributed by atoms with Gasteiger partial charge in [0.2, 0.25) is 0 Å². The summed E-state index contributed by atoms with van der Waals surface area (Å²) in [5.74, 6) is 1.47. The summed E-state index contributed by atoms with van der Waals surface area (Å²) in [5, 5.41) is 8.76. The minimum atomic E-state index is 0.602. The van der Waals surface area contributed by atoms with Crippen LogP contribution in [0.4, 0.5) is 0 Å². The zero-order chi connectivity index (χ0) is 14.2. The molecule has 1 aromatic carbocycles. The third kappa shape index (κ3) is 2.65. The summed E-state index contributed by atoms with van der Waals surface area (Å²) in [6, 6.07) is 12.2. The van der Waals surface area contributed by atoms with Crippen molar-refractivity contribution in [3.63, 3.8) is 0 Å². The van der Waals surface area contributed by atoms with Gasteiger partial charge in [0.25, 0.3) is 0 Å². The first-order valence-corrected chi connectivity index (χ1v) is 7.83. The van der Waals surface area contributed by atoms with E-state index in [1.807, 2.05) is 29.1 Å². The highest BCUT2D eigenvalue weighted by Crippen LogP contribution is 2.39. The third-order valence-corrected chi connectivity index (χ3v) is 4.24. The summed E-state index contributed by atoms with van der Waals surface area (Å²) >= 11 is 3.58. The first-order valence-electron chi connectivity index (χ1n) is 7.03. The van der Waals surface area contributed by atoms with Crippen LogP contribution in [-0.4, -0.2) is 14.9 Å². The third-order valence-electron chi connectivity index (χ3n) is 3.65. The van der Waals surface area contributed by atoms with Crippen molar-refractivity contribution >= 4 is 15.9 Å². The van der Waals surface area contributed by atoms with E-state index in [9.17, 15) is 0 Å². The smallest absolute Gasteiger partial charge is 0.158 e. The predicted molar refractivity (Wildman–Crippen MR) is 82.9 cm³/mol. The van der Waals surface area contributed by atoms with Crippen molar-refractivity contribution in [3.8, 4) is 11.3 Å². The average Bonchev–Trinajstić information content (AvgIpc) is 3.15. The number of halogens is 1. The molecule has 0 bridgehead atoms. The van der Waals surface area contributed by atoms with Crippen molar-refractivity contribution in [1.82, 2.24) is 14.9 Å². The first kappa shape index (κ1) is 12.8. The van der Waals surface area contributed by atoms with Crippen molar-refractivity contribution in [2.75, 3.05) is 0 Å². The summed E-state index contributed by atoms with van der Waals surface area (Å²) in [6.07, 6.45) is 4.44. The van der Waals surface area contributed by atoms with Gasteiger partial charge in [0.1, 0.15) is 12.2 Å². The Labute approximate surface area is 130 Å². The van der Waals surface area contributed by atoms with E-state index in [1.54, 1.807) is 0 Å². The highest BCUT2D eigenvalue weighted by atomic mass is 79.9. The van der Waals surface area contributed by atoms with Crippen LogP contribution in [0.2, 0.25) is 0 Å². The van der Waals surface area contributed by atoms with Gasteiger partial charge < -0.3 is 4.52 Å². The van der Waals surface area contributed by atoms with Gasteiger partial charge in [0, 0.05) is 23.7 Å². The fraction of sp³-hybridized carbons (Fsp3) is 0.250. The van der Waals surface area contributed by atoms with Crippen LogP contribution in [-0.2, 0) is 6.54 Å². The quantitative estimate of drug-likeness (QED) is 0.712. The minimum Gasteiger partial charge on any atom is -0.359 e. The summed E-state index contributed by atoms with van der Waals surface area (Å²) in [4.78, 5) is 0. The van der Waals surface area contributed by atoms with E-state index in [0.717, 1.165) is 27.2 Å². The molecular formula is C16H14BrN3O. The number of rotatable bonds is 4. The predicted octanol–water partition coefficient (Wildman–Crippen LogP) is 4.23. The average molecular weight is 344 g/mol. The molecule has 1 fully saturated rings. The Bertz CT molecular complexity index is 759. The van der Waals surface area contributed by atoms with Gasteiger partial charge in [-0.05, 0) is 28.8 Å². The van der Waals surface area contributed by atoms with E-state index in [2.05, 4.69) is 44.4 Å². The standard InChI is InChI=1S/C16H14BrN3O/c17-14-10-20(18-16(14)12-4-2-1-3-5-12)9-13-8-15(19-21-13)11-6-7-11/h1-5,8,10-11H,6-7,9H2. The zero-order valence-corrected chi connectivity index (χ0v) is 13.0. The summed E-state index contributed by atoms with van der Waals surface area (Å²) in [5.41, 5.74) is 3.12. The van der Waals surface area contributed by atoms with Crippen LogP contribution in [0.15, 0.2) is 51.6 Å². The molecule has 106 valence electrons. The van der Waals surface area contributed by atoms with E-state index < -0.39 is 0 Å². The second kappa shape index (κ2) is 5.15. The van der Waals surface area contributed by atoms with Gasteiger partial charge in [-0.1, -0.05) is 35.5 Å². The van der Waals surface area contributed by atoms with Gasteiger partial charge in [-0.15, -0.1) is 0 Å². The van der Waals surface area contributed by atoms with Crippen LogP contribution in [0.25, 0.3) is 11.3 Å². The molecule has 5 heteroatoms. The minimum absolute atomic E-state index is 0.602. The van der Waals surface area contributed by atoms with E-state index >= 15 is 0 Å². The Kier molecular flexibility index (Phi) is 3.15. The Morgan fingerprint density at radius 1 is 1.24 bits per heavy atom. The lowest BCUT2D eigenvalue weighted by Crippen LogP contribution is -1.99. The Morgan fingerprint density at radius 3 is 2.81 bits per heavy atom. The molecule has 0 N–H and O–H groups in total. The van der Waals surface area contributed by atoms with Gasteiger partial charge in [0.05, 0.1) is 10.2 Å². The van der Waals surface area contributed by atoms with Crippen molar-refractivity contribution in [2.24, 2.45) is 0 Å². The van der Waals surface area contributed by atoms with Crippen molar-refractivity contribution in [3.05, 3.63) is 58.5 Å². The molecule has 0 aliphatic heterocycles.